The molecule has 5 rings (SSSR count). The highest BCUT2D eigenvalue weighted by Crippen LogP contribution is 2.43. The Kier molecular flexibility index (Phi) is 10.4. The summed E-state index contributed by atoms with van der Waals surface area (Å²) in [6.45, 7) is -0.855. The molecule has 45 heavy (non-hydrogen) atoms. The lowest BCUT2D eigenvalue weighted by molar-refractivity contribution is -0.123. The highest BCUT2D eigenvalue weighted by molar-refractivity contribution is 5.80. The number of aldehydes is 1. The Balaban J connectivity index is 0.00000226. The topological polar surface area (TPSA) is 103 Å². The van der Waals surface area contributed by atoms with E-state index in [9.17, 15) is 40.3 Å². The average Bonchev–Trinajstić information content (AvgIpc) is 3.37. The Morgan fingerprint density at radius 3 is 2.44 bits per heavy atom. The summed E-state index contributed by atoms with van der Waals surface area (Å²) in [6.07, 6.45) is -2.35. The smallest absolute Gasteiger partial charge is 0.289 e. The summed E-state index contributed by atoms with van der Waals surface area (Å²) in [5.74, 6) is -6.95. The van der Waals surface area contributed by atoms with Crippen LogP contribution in [0, 0.1) is 17.5 Å². The number of aromatic nitrogens is 3. The second-order valence-corrected chi connectivity index (χ2v) is 10.1. The molecule has 1 atom stereocenters. The third-order valence-corrected chi connectivity index (χ3v) is 7.15. The van der Waals surface area contributed by atoms with Crippen LogP contribution in [-0.4, -0.2) is 34.0 Å². The van der Waals surface area contributed by atoms with Crippen LogP contribution in [0.15, 0.2) is 54.7 Å². The number of hydrogen-bond acceptors (Lipinski definition) is 5. The number of amides is 1. The lowest BCUT2D eigenvalue weighted by Crippen LogP contribution is -2.35. The zero-order chi connectivity index (χ0) is 32.9. The van der Waals surface area contributed by atoms with Gasteiger partial charge in [-0.1, -0.05) is 12.1 Å². The molecular formula is C31H28F7N5O2. The molecule has 1 unspecified atom stereocenters. The van der Waals surface area contributed by atoms with E-state index in [-0.39, 0.29) is 41.6 Å². The lowest BCUT2D eigenvalue weighted by Gasteiger charge is -2.25. The number of pyridine rings is 1. The molecule has 3 N–H and O–H groups in total. The first kappa shape index (κ1) is 33.3. The number of nitrogens with zero attached hydrogens (tertiary/aromatic N) is 3. The fourth-order valence-corrected chi connectivity index (χ4v) is 5.37. The number of carbonyl (C=O) groups is 2. The van der Waals surface area contributed by atoms with Gasteiger partial charge in [-0.05, 0) is 67.8 Å². The Labute approximate surface area is 253 Å². The van der Waals surface area contributed by atoms with Gasteiger partial charge in [0.2, 0.25) is 5.91 Å². The van der Waals surface area contributed by atoms with Crippen LogP contribution in [0.5, 0.6) is 0 Å². The van der Waals surface area contributed by atoms with Crippen molar-refractivity contribution < 1.29 is 40.3 Å². The molecule has 1 aliphatic carbocycles. The predicted octanol–water partition coefficient (Wildman–Crippen LogP) is 6.22. The molecule has 0 aliphatic heterocycles. The van der Waals surface area contributed by atoms with E-state index < -0.39 is 66.1 Å². The van der Waals surface area contributed by atoms with Gasteiger partial charge >= 0.3 is 0 Å². The molecule has 0 saturated heterocycles. The van der Waals surface area contributed by atoms with Crippen molar-refractivity contribution in [1.29, 1.82) is 0 Å². The summed E-state index contributed by atoms with van der Waals surface area (Å²) >= 11 is 0. The number of rotatable bonds is 9. The molecular weight excluding hydrogens is 607 g/mol. The zero-order valence-corrected chi connectivity index (χ0v) is 23.8. The van der Waals surface area contributed by atoms with Crippen LogP contribution >= 0.6 is 0 Å². The predicted molar refractivity (Wildman–Crippen MR) is 150 cm³/mol. The van der Waals surface area contributed by atoms with E-state index in [1.54, 1.807) is 6.07 Å². The maximum Gasteiger partial charge on any atom is 0.289 e. The van der Waals surface area contributed by atoms with E-state index in [4.69, 9.17) is 0 Å². The first-order chi connectivity index (χ1) is 21.5. The number of hydrogen-bond donors (Lipinski definition) is 2. The number of nitrogens with one attached hydrogen (secondary N) is 1. The standard InChI is InChI=1S/C30H23F7N4O2.CH5N/c31-19-9-16(10-20(32)13-19)11-24(26-21(4-2-8-38-26)17-5-6-23(33)18(12-17)15-42)39-25(43)14-41-28-22(27(40-41)29(34)35)3-1-7-30(28,36)37;1-2/h2,4-6,8-10,12-13,15,24,29H,1,3,7,11,14H2,(H,39,43);2H2,1H3. The molecule has 0 saturated carbocycles. The van der Waals surface area contributed by atoms with Crippen molar-refractivity contribution >= 4 is 12.2 Å². The quantitative estimate of drug-likeness (QED) is 0.168. The molecule has 2 aromatic carbocycles. The van der Waals surface area contributed by atoms with Crippen LogP contribution in [0.1, 0.15) is 63.9 Å². The van der Waals surface area contributed by atoms with Gasteiger partial charge in [-0.2, -0.15) is 13.9 Å². The average molecular weight is 636 g/mol. The van der Waals surface area contributed by atoms with Gasteiger partial charge in [-0.3, -0.25) is 19.3 Å². The molecule has 0 fully saturated rings. The molecule has 2 heterocycles. The molecule has 14 heteroatoms. The summed E-state index contributed by atoms with van der Waals surface area (Å²) in [6, 6.07) is 8.37. The third kappa shape index (κ3) is 7.39. The van der Waals surface area contributed by atoms with E-state index >= 15 is 0 Å². The Bertz CT molecular complexity index is 1670. The van der Waals surface area contributed by atoms with Gasteiger partial charge in [0.05, 0.1) is 17.3 Å². The summed E-state index contributed by atoms with van der Waals surface area (Å²) in [4.78, 5) is 29.0. The molecule has 0 bridgehead atoms. The van der Waals surface area contributed by atoms with Crippen LogP contribution in [0.2, 0.25) is 0 Å². The first-order valence-corrected chi connectivity index (χ1v) is 13.7. The minimum absolute atomic E-state index is 0.0263. The fraction of sp³-hybridized carbons (Fsp3) is 0.290. The minimum atomic E-state index is -3.49. The summed E-state index contributed by atoms with van der Waals surface area (Å²) in [5.41, 5.74) is 3.30. The van der Waals surface area contributed by atoms with Crippen LogP contribution in [0.4, 0.5) is 30.7 Å². The van der Waals surface area contributed by atoms with Crippen molar-refractivity contribution in [2.45, 2.75) is 50.6 Å². The zero-order valence-electron chi connectivity index (χ0n) is 23.8. The maximum atomic E-state index is 14.8. The van der Waals surface area contributed by atoms with Gasteiger partial charge in [-0.25, -0.2) is 22.0 Å². The van der Waals surface area contributed by atoms with Crippen molar-refractivity contribution in [1.82, 2.24) is 20.1 Å². The van der Waals surface area contributed by atoms with Gasteiger partial charge in [0.25, 0.3) is 12.3 Å². The van der Waals surface area contributed by atoms with Crippen molar-refractivity contribution in [3.8, 4) is 11.1 Å². The highest BCUT2D eigenvalue weighted by atomic mass is 19.3. The summed E-state index contributed by atoms with van der Waals surface area (Å²) < 4.78 is 99.6. The second kappa shape index (κ2) is 14.0. The van der Waals surface area contributed by atoms with E-state index in [1.807, 2.05) is 0 Å². The maximum absolute atomic E-state index is 14.8. The number of carbonyl (C=O) groups excluding carboxylic acids is 2. The second-order valence-electron chi connectivity index (χ2n) is 10.1. The molecule has 7 nitrogen and oxygen atoms in total. The highest BCUT2D eigenvalue weighted by Gasteiger charge is 2.43. The van der Waals surface area contributed by atoms with Crippen LogP contribution in [0.3, 0.4) is 0 Å². The largest absolute Gasteiger partial charge is 0.346 e. The molecule has 4 aromatic rings. The lowest BCUT2D eigenvalue weighted by atomic mass is 9.92. The molecule has 2 aromatic heterocycles. The molecule has 0 radical (unpaired) electrons. The van der Waals surface area contributed by atoms with Crippen molar-refractivity contribution in [2.24, 2.45) is 5.73 Å². The summed E-state index contributed by atoms with van der Waals surface area (Å²) in [7, 11) is 1.50. The van der Waals surface area contributed by atoms with E-state index in [2.05, 4.69) is 21.1 Å². The van der Waals surface area contributed by atoms with Crippen LogP contribution in [0.25, 0.3) is 11.1 Å². The Morgan fingerprint density at radius 2 is 1.78 bits per heavy atom. The number of nitrogens with two attached hydrogens (primary N) is 1. The monoisotopic (exact) mass is 635 g/mol. The van der Waals surface area contributed by atoms with Gasteiger partial charge in [0.1, 0.15) is 35.4 Å². The number of benzene rings is 2. The normalized spacial score (nSPS) is 14.3. The van der Waals surface area contributed by atoms with Gasteiger partial charge < -0.3 is 11.1 Å². The SMILES string of the molecule is CN.O=Cc1cc(-c2cccnc2C(Cc2cc(F)cc(F)c2)NC(=O)Cn2nc(C(F)F)c3c2C(F)(F)CCC3)ccc1F. The number of halogens is 7. The van der Waals surface area contributed by atoms with Crippen molar-refractivity contribution in [3.05, 3.63) is 106 Å². The van der Waals surface area contributed by atoms with E-state index in [0.717, 1.165) is 18.2 Å². The first-order valence-electron chi connectivity index (χ1n) is 13.7. The molecule has 0 spiro atoms. The number of fused-ring (bicyclic) bond motifs is 1. The van der Waals surface area contributed by atoms with Gasteiger partial charge in [-0.15, -0.1) is 0 Å². The molecule has 238 valence electrons. The minimum Gasteiger partial charge on any atom is -0.346 e. The summed E-state index contributed by atoms with van der Waals surface area (Å²) in [5, 5.41) is 6.26. The van der Waals surface area contributed by atoms with Crippen molar-refractivity contribution in [2.75, 3.05) is 7.05 Å². The molecule has 1 aliphatic rings. The van der Waals surface area contributed by atoms with Gasteiger partial charge in [0.15, 0.2) is 6.29 Å². The number of alkyl halides is 4. The van der Waals surface area contributed by atoms with Crippen molar-refractivity contribution in [3.63, 3.8) is 0 Å². The van der Waals surface area contributed by atoms with Crippen LogP contribution in [-0.2, 0) is 30.1 Å². The van der Waals surface area contributed by atoms with Gasteiger partial charge in [0, 0.05) is 29.8 Å². The van der Waals surface area contributed by atoms with E-state index in [1.165, 1.54) is 31.4 Å². The van der Waals surface area contributed by atoms with Crippen LogP contribution < -0.4 is 11.1 Å². The third-order valence-electron chi connectivity index (χ3n) is 7.15. The molecule has 1 amide bonds. The Hall–Kier alpha value is -4.59. The Morgan fingerprint density at radius 1 is 1.07 bits per heavy atom. The fourth-order valence-electron chi connectivity index (χ4n) is 5.37. The van der Waals surface area contributed by atoms with E-state index in [0.29, 0.717) is 28.2 Å².